The lowest BCUT2D eigenvalue weighted by atomic mass is 9.97. The fraction of sp³-hybridized carbons (Fsp3) is 0.350. The number of hydrogen-bond acceptors (Lipinski definition) is 3. The zero-order chi connectivity index (χ0) is 16.8. The summed E-state index contributed by atoms with van der Waals surface area (Å²) in [5, 5.41) is 15.9. The van der Waals surface area contributed by atoms with Crippen molar-refractivity contribution in [2.45, 2.75) is 38.1 Å². The van der Waals surface area contributed by atoms with Gasteiger partial charge in [-0.1, -0.05) is 24.6 Å². The van der Waals surface area contributed by atoms with E-state index in [1.807, 2.05) is 18.2 Å². The molecule has 4 nitrogen and oxygen atoms in total. The van der Waals surface area contributed by atoms with Crippen LogP contribution in [0.4, 0.5) is 5.69 Å². The highest BCUT2D eigenvalue weighted by Gasteiger charge is 2.14. The van der Waals surface area contributed by atoms with Crippen LogP contribution >= 0.6 is 0 Å². The molecular weight excluding hydrogens is 300 g/mol. The highest BCUT2D eigenvalue weighted by Crippen LogP contribution is 2.21. The van der Waals surface area contributed by atoms with Crippen molar-refractivity contribution < 1.29 is 9.90 Å². The Labute approximate surface area is 142 Å². The standard InChI is InChI=1S/C20H24N2O2/c23-18-12-9-16(10-13-18)20(24)22-19-7-2-1-5-15(19)8-11-17-6-3-4-14-21-17/h1-2,5,7,9-10,12-13,17,21,23H,3-4,6,8,11,14H2,(H,22,24). The molecule has 0 radical (unpaired) electrons. The SMILES string of the molecule is O=C(Nc1ccccc1CCC1CCCCN1)c1ccc(O)cc1. The Bertz CT molecular complexity index is 676. The summed E-state index contributed by atoms with van der Waals surface area (Å²) in [5.41, 5.74) is 2.57. The first kappa shape index (κ1) is 16.5. The zero-order valence-corrected chi connectivity index (χ0v) is 13.8. The first-order valence-corrected chi connectivity index (χ1v) is 8.64. The van der Waals surface area contributed by atoms with E-state index in [1.54, 1.807) is 12.1 Å². The Morgan fingerprint density at radius 1 is 1.12 bits per heavy atom. The van der Waals surface area contributed by atoms with Gasteiger partial charge in [0.25, 0.3) is 5.91 Å². The lowest BCUT2D eigenvalue weighted by Gasteiger charge is -2.23. The number of aromatic hydroxyl groups is 1. The molecule has 2 aromatic carbocycles. The van der Waals surface area contributed by atoms with E-state index in [9.17, 15) is 9.90 Å². The highest BCUT2D eigenvalue weighted by atomic mass is 16.3. The molecule has 3 rings (SSSR count). The fourth-order valence-corrected chi connectivity index (χ4v) is 3.17. The summed E-state index contributed by atoms with van der Waals surface area (Å²) >= 11 is 0. The number of rotatable bonds is 5. The van der Waals surface area contributed by atoms with Gasteiger partial charge in [0.2, 0.25) is 0 Å². The summed E-state index contributed by atoms with van der Waals surface area (Å²) in [6.45, 7) is 1.11. The number of anilines is 1. The number of hydrogen-bond donors (Lipinski definition) is 3. The zero-order valence-electron chi connectivity index (χ0n) is 13.8. The summed E-state index contributed by atoms with van der Waals surface area (Å²) in [6.07, 6.45) is 5.85. The normalized spacial score (nSPS) is 17.4. The lowest BCUT2D eigenvalue weighted by molar-refractivity contribution is 0.102. The molecule has 1 aliphatic heterocycles. The molecule has 3 N–H and O–H groups in total. The maximum Gasteiger partial charge on any atom is 0.255 e. The van der Waals surface area contributed by atoms with Gasteiger partial charge >= 0.3 is 0 Å². The third-order valence-corrected chi connectivity index (χ3v) is 4.57. The van der Waals surface area contributed by atoms with Crippen molar-refractivity contribution in [3.05, 3.63) is 59.7 Å². The summed E-state index contributed by atoms with van der Waals surface area (Å²) in [4.78, 5) is 12.4. The van der Waals surface area contributed by atoms with E-state index in [1.165, 1.54) is 31.4 Å². The monoisotopic (exact) mass is 324 g/mol. The summed E-state index contributed by atoms with van der Waals surface area (Å²) in [5.74, 6) is 0.00479. The molecule has 1 unspecified atom stereocenters. The minimum atomic E-state index is -0.154. The van der Waals surface area contributed by atoms with Crippen LogP contribution in [0.15, 0.2) is 48.5 Å². The molecular formula is C20H24N2O2. The van der Waals surface area contributed by atoms with Gasteiger partial charge in [-0.2, -0.15) is 0 Å². The van der Waals surface area contributed by atoms with Crippen LogP contribution in [-0.2, 0) is 6.42 Å². The molecule has 0 bridgehead atoms. The van der Waals surface area contributed by atoms with Crippen LogP contribution in [-0.4, -0.2) is 23.6 Å². The quantitative estimate of drug-likeness (QED) is 0.785. The third kappa shape index (κ3) is 4.36. The summed E-state index contributed by atoms with van der Waals surface area (Å²) in [6, 6.07) is 14.9. The van der Waals surface area contributed by atoms with E-state index in [4.69, 9.17) is 0 Å². The molecule has 2 aromatic rings. The van der Waals surface area contributed by atoms with Gasteiger partial charge in [0.15, 0.2) is 0 Å². The van der Waals surface area contributed by atoms with Crippen LogP contribution in [0.3, 0.4) is 0 Å². The van der Waals surface area contributed by atoms with Crippen molar-refractivity contribution in [1.29, 1.82) is 0 Å². The van der Waals surface area contributed by atoms with Crippen LogP contribution in [0, 0.1) is 0 Å². The van der Waals surface area contributed by atoms with E-state index < -0.39 is 0 Å². The van der Waals surface area contributed by atoms with Crippen molar-refractivity contribution in [2.75, 3.05) is 11.9 Å². The van der Waals surface area contributed by atoms with E-state index in [0.29, 0.717) is 11.6 Å². The van der Waals surface area contributed by atoms with Gasteiger partial charge in [0, 0.05) is 17.3 Å². The molecule has 1 aliphatic rings. The second-order valence-corrected chi connectivity index (χ2v) is 6.34. The van der Waals surface area contributed by atoms with Gasteiger partial charge in [-0.15, -0.1) is 0 Å². The Balaban J connectivity index is 1.64. The van der Waals surface area contributed by atoms with Gasteiger partial charge in [-0.25, -0.2) is 0 Å². The number of carbonyl (C=O) groups excluding carboxylic acids is 1. The van der Waals surface area contributed by atoms with Crippen LogP contribution in [0.1, 0.15) is 41.6 Å². The molecule has 1 fully saturated rings. The third-order valence-electron chi connectivity index (χ3n) is 4.57. The molecule has 0 aromatic heterocycles. The smallest absolute Gasteiger partial charge is 0.255 e. The minimum Gasteiger partial charge on any atom is -0.508 e. The molecule has 1 amide bonds. The Kier molecular flexibility index (Phi) is 5.49. The van der Waals surface area contributed by atoms with Crippen molar-refractivity contribution in [2.24, 2.45) is 0 Å². The molecule has 24 heavy (non-hydrogen) atoms. The van der Waals surface area contributed by atoms with E-state index in [-0.39, 0.29) is 11.7 Å². The van der Waals surface area contributed by atoms with Gasteiger partial charge in [-0.3, -0.25) is 4.79 Å². The number of benzene rings is 2. The average molecular weight is 324 g/mol. The number of phenolic OH excluding ortho intramolecular Hbond substituents is 1. The van der Waals surface area contributed by atoms with Crippen LogP contribution < -0.4 is 10.6 Å². The molecule has 126 valence electrons. The van der Waals surface area contributed by atoms with Crippen LogP contribution in [0.5, 0.6) is 5.75 Å². The first-order valence-electron chi connectivity index (χ1n) is 8.64. The number of carbonyl (C=O) groups is 1. The van der Waals surface area contributed by atoms with Crippen molar-refractivity contribution >= 4 is 11.6 Å². The van der Waals surface area contributed by atoms with Crippen molar-refractivity contribution in [3.63, 3.8) is 0 Å². The fourth-order valence-electron chi connectivity index (χ4n) is 3.17. The maximum atomic E-state index is 12.4. The largest absolute Gasteiger partial charge is 0.508 e. The van der Waals surface area contributed by atoms with Crippen molar-refractivity contribution in [1.82, 2.24) is 5.32 Å². The first-order chi connectivity index (χ1) is 11.7. The lowest BCUT2D eigenvalue weighted by Crippen LogP contribution is -2.34. The number of phenols is 1. The minimum absolute atomic E-state index is 0.154. The summed E-state index contributed by atoms with van der Waals surface area (Å²) in [7, 11) is 0. The molecule has 1 heterocycles. The second kappa shape index (κ2) is 7.97. The van der Waals surface area contributed by atoms with Crippen molar-refractivity contribution in [3.8, 4) is 5.75 Å². The molecule has 0 saturated carbocycles. The molecule has 1 atom stereocenters. The van der Waals surface area contributed by atoms with Gasteiger partial charge in [0.05, 0.1) is 0 Å². The van der Waals surface area contributed by atoms with E-state index >= 15 is 0 Å². The molecule has 4 heteroatoms. The van der Waals surface area contributed by atoms with Gasteiger partial charge < -0.3 is 15.7 Å². The van der Waals surface area contributed by atoms with Crippen LogP contribution in [0.25, 0.3) is 0 Å². The van der Waals surface area contributed by atoms with Crippen LogP contribution in [0.2, 0.25) is 0 Å². The number of aryl methyl sites for hydroxylation is 1. The number of para-hydroxylation sites is 1. The topological polar surface area (TPSA) is 61.4 Å². The van der Waals surface area contributed by atoms with E-state index in [2.05, 4.69) is 16.7 Å². The predicted molar refractivity (Wildman–Crippen MR) is 96.5 cm³/mol. The molecule has 0 aliphatic carbocycles. The Morgan fingerprint density at radius 3 is 2.67 bits per heavy atom. The van der Waals surface area contributed by atoms with E-state index in [0.717, 1.165) is 30.6 Å². The number of piperidine rings is 1. The Hall–Kier alpha value is -2.33. The highest BCUT2D eigenvalue weighted by molar-refractivity contribution is 6.04. The Morgan fingerprint density at radius 2 is 1.92 bits per heavy atom. The number of amides is 1. The summed E-state index contributed by atoms with van der Waals surface area (Å²) < 4.78 is 0. The average Bonchev–Trinajstić information content (AvgIpc) is 2.62. The maximum absolute atomic E-state index is 12.4. The van der Waals surface area contributed by atoms with Gasteiger partial charge in [0.1, 0.15) is 5.75 Å². The molecule has 1 saturated heterocycles. The van der Waals surface area contributed by atoms with Gasteiger partial charge in [-0.05, 0) is 68.1 Å². The number of nitrogens with one attached hydrogen (secondary N) is 2. The second-order valence-electron chi connectivity index (χ2n) is 6.34. The molecule has 0 spiro atoms. The predicted octanol–water partition coefficient (Wildman–Crippen LogP) is 3.72.